The second-order valence-electron chi connectivity index (χ2n) is 7.57. The largest absolute Gasteiger partial charge is 0.462 e. The number of hydrogen-bond acceptors (Lipinski definition) is 5. The van der Waals surface area contributed by atoms with Gasteiger partial charge < -0.3 is 14.2 Å². The van der Waals surface area contributed by atoms with Crippen LogP contribution < -0.4 is 0 Å². The molecule has 1 aliphatic heterocycles. The minimum atomic E-state index is -0.971. The van der Waals surface area contributed by atoms with E-state index < -0.39 is 5.79 Å². The summed E-state index contributed by atoms with van der Waals surface area (Å²) in [7, 11) is 1.58. The summed E-state index contributed by atoms with van der Waals surface area (Å²) in [5.74, 6) is -0.899. The van der Waals surface area contributed by atoms with Gasteiger partial charge in [-0.05, 0) is 37.5 Å². The number of hydrogen-bond donors (Lipinski definition) is 0. The molecule has 0 aromatic rings. The lowest BCUT2D eigenvalue weighted by molar-refractivity contribution is -0.229. The molecule has 1 heterocycles. The lowest BCUT2D eigenvalue weighted by Crippen LogP contribution is -2.55. The average Bonchev–Trinajstić information content (AvgIpc) is 2.73. The van der Waals surface area contributed by atoms with Gasteiger partial charge in [0.15, 0.2) is 0 Å². The van der Waals surface area contributed by atoms with Crippen molar-refractivity contribution in [2.45, 2.75) is 65.3 Å². The second kappa shape index (κ2) is 5.33. The Morgan fingerprint density at radius 3 is 2.65 bits per heavy atom. The van der Waals surface area contributed by atoms with Gasteiger partial charge >= 0.3 is 11.9 Å². The summed E-state index contributed by atoms with van der Waals surface area (Å²) in [6.45, 7) is 7.78. The van der Waals surface area contributed by atoms with E-state index in [2.05, 4.69) is 13.8 Å². The number of methoxy groups -OCH3 is 1. The van der Waals surface area contributed by atoms with E-state index in [1.54, 1.807) is 7.11 Å². The summed E-state index contributed by atoms with van der Waals surface area (Å²) in [5, 5.41) is 0. The normalized spacial score (nSPS) is 42.8. The SMILES string of the molecule is CO[C@]12C[C@@H]3[C@H](OC(C)=O)CC[C@H](C)[C@@]3(C)CC1=C(C)C(=O)O2. The highest BCUT2D eigenvalue weighted by molar-refractivity contribution is 5.92. The van der Waals surface area contributed by atoms with Gasteiger partial charge in [0.25, 0.3) is 0 Å². The number of fused-ring (bicyclic) bond motifs is 2. The number of ether oxygens (including phenoxy) is 3. The van der Waals surface area contributed by atoms with E-state index in [4.69, 9.17) is 14.2 Å². The molecule has 2 saturated carbocycles. The predicted octanol–water partition coefficient (Wildman–Crippen LogP) is 2.98. The van der Waals surface area contributed by atoms with Gasteiger partial charge in [0.2, 0.25) is 5.79 Å². The van der Waals surface area contributed by atoms with Crippen molar-refractivity contribution in [3.05, 3.63) is 11.1 Å². The Bertz CT molecular complexity index is 580. The zero-order chi connectivity index (χ0) is 17.0. The van der Waals surface area contributed by atoms with Gasteiger partial charge in [0.1, 0.15) is 6.10 Å². The Labute approximate surface area is 137 Å². The highest BCUT2D eigenvalue weighted by Crippen LogP contribution is 2.60. The van der Waals surface area contributed by atoms with Crippen molar-refractivity contribution in [3.63, 3.8) is 0 Å². The Kier molecular flexibility index (Phi) is 3.82. The van der Waals surface area contributed by atoms with Gasteiger partial charge in [0, 0.05) is 37.5 Å². The van der Waals surface area contributed by atoms with E-state index in [9.17, 15) is 9.59 Å². The second-order valence-corrected chi connectivity index (χ2v) is 7.57. The molecular formula is C18H26O5. The summed E-state index contributed by atoms with van der Waals surface area (Å²) >= 11 is 0. The first kappa shape index (κ1) is 16.5. The molecule has 5 nitrogen and oxygen atoms in total. The van der Waals surface area contributed by atoms with E-state index in [-0.39, 0.29) is 29.4 Å². The molecule has 2 fully saturated rings. The zero-order valence-corrected chi connectivity index (χ0v) is 14.6. The van der Waals surface area contributed by atoms with Crippen LogP contribution >= 0.6 is 0 Å². The van der Waals surface area contributed by atoms with E-state index in [0.29, 0.717) is 17.9 Å². The first-order valence-corrected chi connectivity index (χ1v) is 8.39. The van der Waals surface area contributed by atoms with Crippen molar-refractivity contribution in [1.29, 1.82) is 0 Å². The highest BCUT2D eigenvalue weighted by atomic mass is 16.7. The van der Waals surface area contributed by atoms with Crippen LogP contribution in [0.2, 0.25) is 0 Å². The topological polar surface area (TPSA) is 61.8 Å². The predicted molar refractivity (Wildman–Crippen MR) is 83.3 cm³/mol. The molecule has 0 spiro atoms. The summed E-state index contributed by atoms with van der Waals surface area (Å²) < 4.78 is 16.9. The molecule has 2 aliphatic carbocycles. The van der Waals surface area contributed by atoms with Gasteiger partial charge in [0.05, 0.1) is 0 Å². The van der Waals surface area contributed by atoms with Crippen molar-refractivity contribution >= 4 is 11.9 Å². The lowest BCUT2D eigenvalue weighted by Gasteiger charge is -2.55. The van der Waals surface area contributed by atoms with Crippen molar-refractivity contribution in [2.24, 2.45) is 17.3 Å². The molecule has 5 heteroatoms. The molecule has 0 N–H and O–H groups in total. The molecular weight excluding hydrogens is 296 g/mol. The Morgan fingerprint density at radius 2 is 2.04 bits per heavy atom. The van der Waals surface area contributed by atoms with E-state index in [0.717, 1.165) is 24.8 Å². The summed E-state index contributed by atoms with van der Waals surface area (Å²) in [6.07, 6.45) is 3.04. The minimum Gasteiger partial charge on any atom is -0.462 e. The third-order valence-corrected chi connectivity index (χ3v) is 6.48. The summed E-state index contributed by atoms with van der Waals surface area (Å²) in [6, 6.07) is 0. The molecule has 128 valence electrons. The molecule has 3 rings (SSSR count). The molecule has 5 atom stereocenters. The van der Waals surface area contributed by atoms with Gasteiger partial charge in [-0.2, -0.15) is 0 Å². The van der Waals surface area contributed by atoms with Gasteiger partial charge in [-0.15, -0.1) is 0 Å². The number of esters is 2. The van der Waals surface area contributed by atoms with Crippen LogP contribution in [0.3, 0.4) is 0 Å². The van der Waals surface area contributed by atoms with Crippen LogP contribution in [-0.4, -0.2) is 30.9 Å². The lowest BCUT2D eigenvalue weighted by atomic mass is 9.53. The average molecular weight is 322 g/mol. The summed E-state index contributed by atoms with van der Waals surface area (Å²) in [4.78, 5) is 23.6. The fraction of sp³-hybridized carbons (Fsp3) is 0.778. The standard InChI is InChI=1S/C18H26O5/c1-10-6-7-15(22-12(3)19)14-9-18(21-5)13(8-17(10,14)4)11(2)16(20)23-18/h10,14-15H,6-9H2,1-5H3/t10-,14+,15+,17+,18-/m0/s1. The maximum Gasteiger partial charge on any atom is 0.336 e. The quantitative estimate of drug-likeness (QED) is 0.731. The fourth-order valence-corrected chi connectivity index (χ4v) is 4.81. The van der Waals surface area contributed by atoms with Gasteiger partial charge in [-0.3, -0.25) is 4.79 Å². The molecule has 0 unspecified atom stereocenters. The van der Waals surface area contributed by atoms with E-state index in [1.807, 2.05) is 6.92 Å². The Hall–Kier alpha value is -1.36. The van der Waals surface area contributed by atoms with Crippen LogP contribution in [0.15, 0.2) is 11.1 Å². The van der Waals surface area contributed by atoms with Crippen molar-refractivity contribution in [2.75, 3.05) is 7.11 Å². The maximum absolute atomic E-state index is 12.1. The highest BCUT2D eigenvalue weighted by Gasteiger charge is 2.61. The van der Waals surface area contributed by atoms with Crippen molar-refractivity contribution < 1.29 is 23.8 Å². The smallest absolute Gasteiger partial charge is 0.336 e. The van der Waals surface area contributed by atoms with Crippen molar-refractivity contribution in [1.82, 2.24) is 0 Å². The third kappa shape index (κ3) is 2.32. The fourth-order valence-electron chi connectivity index (χ4n) is 4.81. The molecule has 23 heavy (non-hydrogen) atoms. The first-order valence-electron chi connectivity index (χ1n) is 8.39. The van der Waals surface area contributed by atoms with Crippen LogP contribution in [0.4, 0.5) is 0 Å². The summed E-state index contributed by atoms with van der Waals surface area (Å²) in [5.41, 5.74) is 1.62. The molecule has 3 aliphatic rings. The third-order valence-electron chi connectivity index (χ3n) is 6.48. The van der Waals surface area contributed by atoms with Crippen LogP contribution in [0.1, 0.15) is 53.4 Å². The molecule has 0 amide bonds. The van der Waals surface area contributed by atoms with Crippen LogP contribution in [0, 0.1) is 17.3 Å². The molecule has 0 bridgehead atoms. The zero-order valence-electron chi connectivity index (χ0n) is 14.6. The molecule has 0 aromatic carbocycles. The van der Waals surface area contributed by atoms with Crippen LogP contribution in [0.25, 0.3) is 0 Å². The van der Waals surface area contributed by atoms with Crippen LogP contribution in [0.5, 0.6) is 0 Å². The molecule has 0 aromatic heterocycles. The van der Waals surface area contributed by atoms with Crippen molar-refractivity contribution in [3.8, 4) is 0 Å². The maximum atomic E-state index is 12.1. The van der Waals surface area contributed by atoms with Gasteiger partial charge in [-0.1, -0.05) is 13.8 Å². The first-order chi connectivity index (χ1) is 10.7. The Morgan fingerprint density at radius 1 is 1.35 bits per heavy atom. The Balaban J connectivity index is 2.02. The van der Waals surface area contributed by atoms with Gasteiger partial charge in [-0.25, -0.2) is 4.79 Å². The molecule has 0 saturated heterocycles. The molecule has 0 radical (unpaired) electrons. The van der Waals surface area contributed by atoms with Crippen LogP contribution in [-0.2, 0) is 23.8 Å². The van der Waals surface area contributed by atoms with E-state index in [1.165, 1.54) is 6.92 Å². The number of carbonyl (C=O) groups excluding carboxylic acids is 2. The number of rotatable bonds is 2. The minimum absolute atomic E-state index is 0.0228. The number of carbonyl (C=O) groups is 2. The van der Waals surface area contributed by atoms with E-state index >= 15 is 0 Å². The monoisotopic (exact) mass is 322 g/mol.